The Morgan fingerprint density at radius 3 is 1.19 bits per heavy atom. The van der Waals surface area contributed by atoms with Crippen LogP contribution >= 0.6 is 0 Å². The second kappa shape index (κ2) is 37.1. The van der Waals surface area contributed by atoms with Gasteiger partial charge in [0.25, 0.3) is 0 Å². The van der Waals surface area contributed by atoms with Gasteiger partial charge >= 0.3 is 11.9 Å². The molecule has 0 saturated carbocycles. The van der Waals surface area contributed by atoms with Crippen LogP contribution in [0.25, 0.3) is 0 Å². The van der Waals surface area contributed by atoms with Crippen LogP contribution in [0, 0.1) is 11.8 Å². The van der Waals surface area contributed by atoms with Gasteiger partial charge in [-0.05, 0) is 57.9 Å². The molecular weight excluding hydrogens is 598 g/mol. The first-order valence-electron chi connectivity index (χ1n) is 21.2. The van der Waals surface area contributed by atoms with Gasteiger partial charge < -0.3 is 19.5 Å². The third-order valence-electron chi connectivity index (χ3n) is 9.90. The highest BCUT2D eigenvalue weighted by atomic mass is 16.5. The maximum absolute atomic E-state index is 13.0. The van der Waals surface area contributed by atoms with Gasteiger partial charge in [-0.25, -0.2) is 0 Å². The highest BCUT2D eigenvalue weighted by molar-refractivity contribution is 5.72. The summed E-state index contributed by atoms with van der Waals surface area (Å²) in [5.74, 6) is 0.115. The van der Waals surface area contributed by atoms with E-state index < -0.39 is 0 Å². The summed E-state index contributed by atoms with van der Waals surface area (Å²) >= 11 is 0. The molecule has 0 aliphatic heterocycles. The molecule has 6 nitrogen and oxygen atoms in total. The predicted molar refractivity (Wildman–Crippen MR) is 204 cm³/mol. The molecule has 2 atom stereocenters. The topological polar surface area (TPSA) is 76.1 Å². The number of hydrogen-bond donors (Lipinski definition) is 1. The third-order valence-corrected chi connectivity index (χ3v) is 9.90. The summed E-state index contributed by atoms with van der Waals surface area (Å²) in [4.78, 5) is 28.4. The van der Waals surface area contributed by atoms with E-state index in [1.54, 1.807) is 0 Å². The largest absolute Gasteiger partial charge is 0.465 e. The molecule has 0 aromatic heterocycles. The van der Waals surface area contributed by atoms with Gasteiger partial charge in [-0.15, -0.1) is 0 Å². The molecule has 286 valence electrons. The fourth-order valence-corrected chi connectivity index (χ4v) is 6.67. The Kier molecular flexibility index (Phi) is 36.2. The molecule has 0 radical (unpaired) electrons. The fraction of sp³-hybridized carbons (Fsp3) is 0.952. The molecule has 6 heteroatoms. The van der Waals surface area contributed by atoms with Gasteiger partial charge in [0, 0.05) is 19.7 Å². The minimum absolute atomic E-state index is 0.00365. The SMILES string of the molecule is CCCCCCCCC(CCCCCC)C(=O)OCCCCN(CCCO)CCCOC(=O)C(CCCCCC)CCCCCCCC. The summed E-state index contributed by atoms with van der Waals surface area (Å²) < 4.78 is 11.6. The van der Waals surface area contributed by atoms with Crippen LogP contribution in [0.3, 0.4) is 0 Å². The van der Waals surface area contributed by atoms with Crippen LogP contribution in [0.2, 0.25) is 0 Å². The van der Waals surface area contributed by atoms with Gasteiger partial charge in [-0.3, -0.25) is 9.59 Å². The summed E-state index contributed by atoms with van der Waals surface area (Å²) in [5, 5.41) is 9.43. The Labute approximate surface area is 299 Å². The number of carbonyl (C=O) groups excluding carboxylic acids is 2. The molecule has 0 saturated heterocycles. The molecule has 2 unspecified atom stereocenters. The van der Waals surface area contributed by atoms with Gasteiger partial charge in [0.2, 0.25) is 0 Å². The van der Waals surface area contributed by atoms with Crippen LogP contribution < -0.4 is 0 Å². The Balaban J connectivity index is 4.55. The smallest absolute Gasteiger partial charge is 0.308 e. The number of ether oxygens (including phenoxy) is 2. The van der Waals surface area contributed by atoms with Crippen molar-refractivity contribution < 1.29 is 24.2 Å². The molecule has 0 bridgehead atoms. The first kappa shape index (κ1) is 46.9. The van der Waals surface area contributed by atoms with Crippen molar-refractivity contribution >= 4 is 11.9 Å². The normalized spacial score (nSPS) is 12.8. The highest BCUT2D eigenvalue weighted by Gasteiger charge is 2.20. The van der Waals surface area contributed by atoms with Crippen LogP contribution in [0.15, 0.2) is 0 Å². The molecule has 0 fully saturated rings. The standard InChI is InChI=1S/C42H83NO5/c1-5-9-13-17-19-23-31-39(29-21-15-11-7-3)41(45)47-37-26-25-33-43(34-27-36-44)35-28-38-48-42(46)40(30-22-16-12-8-4)32-24-20-18-14-10-6-2/h39-40,44H,5-38H2,1-4H3. The Morgan fingerprint density at radius 1 is 0.438 bits per heavy atom. The molecule has 0 spiro atoms. The number of rotatable bonds is 38. The minimum atomic E-state index is 0.00365. The molecule has 0 heterocycles. The van der Waals surface area contributed by atoms with Crippen molar-refractivity contribution in [2.24, 2.45) is 11.8 Å². The number of aliphatic hydroxyl groups excluding tert-OH is 1. The van der Waals surface area contributed by atoms with Crippen molar-refractivity contribution in [1.82, 2.24) is 4.90 Å². The molecule has 0 aliphatic rings. The molecule has 48 heavy (non-hydrogen) atoms. The lowest BCUT2D eigenvalue weighted by atomic mass is 9.94. The maximum atomic E-state index is 13.0. The van der Waals surface area contributed by atoms with Crippen LogP contribution in [-0.2, 0) is 19.1 Å². The van der Waals surface area contributed by atoms with Crippen LogP contribution in [0.4, 0.5) is 0 Å². The summed E-state index contributed by atoms with van der Waals surface area (Å²) in [6.45, 7) is 12.7. The third kappa shape index (κ3) is 29.7. The predicted octanol–water partition coefficient (Wildman–Crippen LogP) is 11.6. The van der Waals surface area contributed by atoms with Crippen molar-refractivity contribution in [3.63, 3.8) is 0 Å². The van der Waals surface area contributed by atoms with Gasteiger partial charge in [-0.1, -0.05) is 156 Å². The van der Waals surface area contributed by atoms with E-state index in [4.69, 9.17) is 9.47 Å². The first-order valence-corrected chi connectivity index (χ1v) is 21.2. The first-order chi connectivity index (χ1) is 23.5. The monoisotopic (exact) mass is 682 g/mol. The van der Waals surface area contributed by atoms with E-state index in [-0.39, 0.29) is 30.4 Å². The van der Waals surface area contributed by atoms with Crippen molar-refractivity contribution in [3.8, 4) is 0 Å². The summed E-state index contributed by atoms with van der Waals surface area (Å²) in [6.07, 6.45) is 31.8. The zero-order chi connectivity index (χ0) is 35.3. The van der Waals surface area contributed by atoms with Crippen LogP contribution in [0.5, 0.6) is 0 Å². The average molecular weight is 682 g/mol. The summed E-state index contributed by atoms with van der Waals surface area (Å²) in [6, 6.07) is 0. The molecule has 0 aliphatic carbocycles. The number of aliphatic hydroxyl groups is 1. The molecule has 0 amide bonds. The number of unbranched alkanes of at least 4 members (excludes halogenated alkanes) is 17. The quantitative estimate of drug-likeness (QED) is 0.0516. The van der Waals surface area contributed by atoms with E-state index in [9.17, 15) is 14.7 Å². The lowest BCUT2D eigenvalue weighted by Crippen LogP contribution is -2.29. The van der Waals surface area contributed by atoms with Crippen molar-refractivity contribution in [1.29, 1.82) is 0 Å². The van der Waals surface area contributed by atoms with Crippen molar-refractivity contribution in [2.45, 2.75) is 207 Å². The summed E-state index contributed by atoms with van der Waals surface area (Å²) in [5.41, 5.74) is 0. The fourth-order valence-electron chi connectivity index (χ4n) is 6.67. The molecule has 1 N–H and O–H groups in total. The average Bonchev–Trinajstić information content (AvgIpc) is 3.09. The summed E-state index contributed by atoms with van der Waals surface area (Å²) in [7, 11) is 0. The maximum Gasteiger partial charge on any atom is 0.308 e. The van der Waals surface area contributed by atoms with Gasteiger partial charge in [0.05, 0.1) is 25.0 Å². The van der Waals surface area contributed by atoms with Crippen LogP contribution in [0.1, 0.15) is 207 Å². The Morgan fingerprint density at radius 2 is 0.771 bits per heavy atom. The number of hydrogen-bond acceptors (Lipinski definition) is 6. The number of carbonyl (C=O) groups is 2. The van der Waals surface area contributed by atoms with Gasteiger partial charge in [-0.2, -0.15) is 0 Å². The number of esters is 2. The van der Waals surface area contributed by atoms with E-state index >= 15 is 0 Å². The van der Waals surface area contributed by atoms with E-state index in [0.717, 1.165) is 96.7 Å². The van der Waals surface area contributed by atoms with Crippen LogP contribution in [-0.4, -0.2) is 61.4 Å². The van der Waals surface area contributed by atoms with Gasteiger partial charge in [0.15, 0.2) is 0 Å². The Bertz CT molecular complexity index is 687. The molecule has 0 aromatic carbocycles. The zero-order valence-electron chi connectivity index (χ0n) is 32.7. The minimum Gasteiger partial charge on any atom is -0.465 e. The zero-order valence-corrected chi connectivity index (χ0v) is 32.7. The van der Waals surface area contributed by atoms with E-state index in [1.165, 1.54) is 103 Å². The number of nitrogens with zero attached hydrogens (tertiary/aromatic N) is 1. The molecule has 0 aromatic rings. The van der Waals surface area contributed by atoms with E-state index in [2.05, 4.69) is 32.6 Å². The van der Waals surface area contributed by atoms with Crippen molar-refractivity contribution in [3.05, 3.63) is 0 Å². The molecule has 0 rings (SSSR count). The van der Waals surface area contributed by atoms with E-state index in [1.807, 2.05) is 0 Å². The molecular formula is C42H83NO5. The van der Waals surface area contributed by atoms with Gasteiger partial charge in [0.1, 0.15) is 0 Å². The lowest BCUT2D eigenvalue weighted by molar-refractivity contribution is -0.150. The van der Waals surface area contributed by atoms with E-state index in [0.29, 0.717) is 13.2 Å². The van der Waals surface area contributed by atoms with Crippen molar-refractivity contribution in [2.75, 3.05) is 39.5 Å². The second-order valence-electron chi connectivity index (χ2n) is 14.5. The highest BCUT2D eigenvalue weighted by Crippen LogP contribution is 2.22. The Hall–Kier alpha value is -1.14. The second-order valence-corrected chi connectivity index (χ2v) is 14.5. The lowest BCUT2D eigenvalue weighted by Gasteiger charge is -2.22.